The lowest BCUT2D eigenvalue weighted by molar-refractivity contribution is -0.118. The van der Waals surface area contributed by atoms with Crippen LogP contribution in [0.15, 0.2) is 48.2 Å². The molecule has 5 heteroatoms. The number of Topliss-reactive ketones (excluding diaryl/α,β-unsaturated/α-hetero) is 1. The molecule has 2 aromatic carbocycles. The van der Waals surface area contributed by atoms with Crippen LogP contribution in [-0.2, 0) is 16.0 Å². The first kappa shape index (κ1) is 17.4. The van der Waals surface area contributed by atoms with Crippen LogP contribution in [0.5, 0.6) is 11.5 Å². The number of fused-ring (bicyclic) bond motifs is 5. The van der Waals surface area contributed by atoms with Crippen molar-refractivity contribution in [3.8, 4) is 11.5 Å². The Kier molecular flexibility index (Phi) is 4.02. The summed E-state index contributed by atoms with van der Waals surface area (Å²) in [6, 6.07) is 11.3. The minimum absolute atomic E-state index is 0.0247. The Morgan fingerprint density at radius 1 is 1.07 bits per heavy atom. The summed E-state index contributed by atoms with van der Waals surface area (Å²) < 4.78 is 24.8. The Bertz CT molecular complexity index is 979. The van der Waals surface area contributed by atoms with Gasteiger partial charge in [0.05, 0.1) is 29.6 Å². The van der Waals surface area contributed by atoms with E-state index in [1.54, 1.807) is 18.2 Å². The zero-order chi connectivity index (χ0) is 19.4. The normalized spacial score (nSPS) is 28.1. The quantitative estimate of drug-likeness (QED) is 0.826. The maximum Gasteiger partial charge on any atom is 0.173 e. The highest BCUT2D eigenvalue weighted by molar-refractivity contribution is 6.25. The molecule has 2 saturated heterocycles. The third-order valence-corrected chi connectivity index (χ3v) is 6.18. The number of benzene rings is 2. The van der Waals surface area contributed by atoms with E-state index in [2.05, 4.69) is 0 Å². The third-order valence-electron chi connectivity index (χ3n) is 6.18. The molecule has 2 fully saturated rings. The number of hydrogen-bond donors (Lipinski definition) is 1. The predicted octanol–water partition coefficient (Wildman–Crippen LogP) is 4.83. The van der Waals surface area contributed by atoms with Crippen LogP contribution in [0.1, 0.15) is 30.9 Å². The number of halogens is 1. The van der Waals surface area contributed by atoms with E-state index in [1.807, 2.05) is 19.1 Å². The highest BCUT2D eigenvalue weighted by Crippen LogP contribution is 2.54. The highest BCUT2D eigenvalue weighted by atomic mass is 19.1. The van der Waals surface area contributed by atoms with Gasteiger partial charge in [-0.25, -0.2) is 4.39 Å². The van der Waals surface area contributed by atoms with Crippen LogP contribution >= 0.6 is 0 Å². The molecule has 28 heavy (non-hydrogen) atoms. The smallest absolute Gasteiger partial charge is 0.173 e. The van der Waals surface area contributed by atoms with Gasteiger partial charge in [0.2, 0.25) is 0 Å². The van der Waals surface area contributed by atoms with Gasteiger partial charge in [-0.3, -0.25) is 4.79 Å². The SMILES string of the molecule is CCc1ccc(Oc2ccc(F)cc2)cc1C1=C(O)[C@H]2[C@@H](C1=O)[C@H]1CC[C@@H]2O1. The minimum atomic E-state index is -0.329. The molecular formula is C23H21FO4. The van der Waals surface area contributed by atoms with Crippen LogP contribution < -0.4 is 4.74 Å². The van der Waals surface area contributed by atoms with Crippen molar-refractivity contribution in [1.29, 1.82) is 0 Å². The minimum Gasteiger partial charge on any atom is -0.511 e. The summed E-state index contributed by atoms with van der Waals surface area (Å²) in [6.07, 6.45) is 2.37. The third kappa shape index (κ3) is 2.57. The Balaban J connectivity index is 1.53. The van der Waals surface area contributed by atoms with Crippen molar-refractivity contribution in [2.24, 2.45) is 11.8 Å². The molecule has 0 aromatic heterocycles. The van der Waals surface area contributed by atoms with Crippen LogP contribution in [0.4, 0.5) is 4.39 Å². The summed E-state index contributed by atoms with van der Waals surface area (Å²) in [5.41, 5.74) is 2.12. The number of aliphatic hydroxyl groups is 1. The molecule has 0 saturated carbocycles. The number of hydrogen-bond acceptors (Lipinski definition) is 4. The number of ketones is 1. The maximum absolute atomic E-state index is 13.2. The second-order valence-corrected chi connectivity index (χ2v) is 7.69. The van der Waals surface area contributed by atoms with E-state index in [0.29, 0.717) is 17.1 Å². The molecule has 2 aliphatic heterocycles. The molecule has 2 heterocycles. The van der Waals surface area contributed by atoms with E-state index in [4.69, 9.17) is 9.47 Å². The van der Waals surface area contributed by atoms with Crippen molar-refractivity contribution in [2.75, 3.05) is 0 Å². The van der Waals surface area contributed by atoms with E-state index in [-0.39, 0.29) is 41.4 Å². The number of rotatable bonds is 4. The number of allylic oxidation sites excluding steroid dienone is 1. The second kappa shape index (κ2) is 6.45. The van der Waals surface area contributed by atoms with Gasteiger partial charge in [0.1, 0.15) is 23.1 Å². The van der Waals surface area contributed by atoms with Gasteiger partial charge in [-0.2, -0.15) is 0 Å². The molecule has 0 unspecified atom stereocenters. The fourth-order valence-corrected chi connectivity index (χ4v) is 4.89. The first-order chi connectivity index (χ1) is 13.6. The molecular weight excluding hydrogens is 359 g/mol. The number of carbonyl (C=O) groups is 1. The van der Waals surface area contributed by atoms with Gasteiger partial charge in [0.15, 0.2) is 5.78 Å². The monoisotopic (exact) mass is 380 g/mol. The van der Waals surface area contributed by atoms with E-state index >= 15 is 0 Å². The lowest BCUT2D eigenvalue weighted by Crippen LogP contribution is -2.29. The molecule has 1 N–H and O–H groups in total. The molecule has 3 aliphatic rings. The van der Waals surface area contributed by atoms with Gasteiger partial charge in [0.25, 0.3) is 0 Å². The van der Waals surface area contributed by atoms with Gasteiger partial charge in [0, 0.05) is 0 Å². The zero-order valence-electron chi connectivity index (χ0n) is 15.5. The standard InChI is InChI=1S/C23H21FO4/c1-2-12-3-6-15(27-14-7-4-13(24)5-8-14)11-16(12)19-22(25)20-17-9-10-18(28-17)21(20)23(19)26/h3-8,11,17-18,20-21,25H,2,9-10H2,1H3/t17-,18+,20+,21-/m0/s1. The van der Waals surface area contributed by atoms with Crippen molar-refractivity contribution in [3.63, 3.8) is 0 Å². The first-order valence-corrected chi connectivity index (χ1v) is 9.76. The molecule has 144 valence electrons. The maximum atomic E-state index is 13.2. The van der Waals surface area contributed by atoms with Gasteiger partial charge in [-0.1, -0.05) is 13.0 Å². The summed E-state index contributed by atoms with van der Waals surface area (Å²) in [6.45, 7) is 2.02. The number of carbonyl (C=O) groups excluding carboxylic acids is 1. The number of ether oxygens (including phenoxy) is 2. The van der Waals surface area contributed by atoms with Crippen molar-refractivity contribution in [3.05, 3.63) is 65.2 Å². The summed E-state index contributed by atoms with van der Waals surface area (Å²) in [5.74, 6) is 0.385. The molecule has 5 rings (SSSR count). The summed E-state index contributed by atoms with van der Waals surface area (Å²) in [5, 5.41) is 10.9. The molecule has 0 radical (unpaired) electrons. The fourth-order valence-electron chi connectivity index (χ4n) is 4.89. The van der Waals surface area contributed by atoms with Crippen LogP contribution in [-0.4, -0.2) is 23.1 Å². The van der Waals surface area contributed by atoms with E-state index in [9.17, 15) is 14.3 Å². The Morgan fingerprint density at radius 3 is 2.43 bits per heavy atom. The average molecular weight is 380 g/mol. The lowest BCUT2D eigenvalue weighted by Gasteiger charge is -2.19. The summed E-state index contributed by atoms with van der Waals surface area (Å²) >= 11 is 0. The molecule has 1 aliphatic carbocycles. The largest absolute Gasteiger partial charge is 0.511 e. The molecule has 2 bridgehead atoms. The number of aryl methyl sites for hydroxylation is 1. The summed E-state index contributed by atoms with van der Waals surface area (Å²) in [7, 11) is 0. The molecule has 0 spiro atoms. The van der Waals surface area contributed by atoms with Crippen LogP contribution in [0.3, 0.4) is 0 Å². The zero-order valence-corrected chi connectivity index (χ0v) is 15.5. The molecule has 2 aromatic rings. The van der Waals surface area contributed by atoms with Crippen molar-refractivity contribution >= 4 is 11.4 Å². The van der Waals surface area contributed by atoms with Crippen LogP contribution in [0.2, 0.25) is 0 Å². The Morgan fingerprint density at radius 2 is 1.75 bits per heavy atom. The number of aliphatic hydroxyl groups excluding tert-OH is 1. The fraction of sp³-hybridized carbons (Fsp3) is 0.348. The van der Waals surface area contributed by atoms with Crippen molar-refractivity contribution < 1.29 is 23.8 Å². The molecule has 4 nitrogen and oxygen atoms in total. The van der Waals surface area contributed by atoms with E-state index < -0.39 is 0 Å². The summed E-state index contributed by atoms with van der Waals surface area (Å²) in [4.78, 5) is 13.2. The van der Waals surface area contributed by atoms with Gasteiger partial charge in [-0.05, 0) is 66.8 Å². The average Bonchev–Trinajstić information content (AvgIpc) is 3.37. The van der Waals surface area contributed by atoms with Gasteiger partial charge in [-0.15, -0.1) is 0 Å². The Labute approximate surface area is 162 Å². The Hall–Kier alpha value is -2.66. The lowest BCUT2D eigenvalue weighted by atomic mass is 9.80. The predicted molar refractivity (Wildman–Crippen MR) is 102 cm³/mol. The highest BCUT2D eigenvalue weighted by Gasteiger charge is 2.59. The van der Waals surface area contributed by atoms with E-state index in [0.717, 1.165) is 30.4 Å². The van der Waals surface area contributed by atoms with Crippen LogP contribution in [0, 0.1) is 17.7 Å². The van der Waals surface area contributed by atoms with Crippen molar-refractivity contribution in [1.82, 2.24) is 0 Å². The van der Waals surface area contributed by atoms with Gasteiger partial charge < -0.3 is 14.6 Å². The topological polar surface area (TPSA) is 55.8 Å². The van der Waals surface area contributed by atoms with Gasteiger partial charge >= 0.3 is 0 Å². The molecule has 4 atom stereocenters. The van der Waals surface area contributed by atoms with E-state index in [1.165, 1.54) is 12.1 Å². The first-order valence-electron chi connectivity index (χ1n) is 9.76. The van der Waals surface area contributed by atoms with Crippen LogP contribution in [0.25, 0.3) is 5.57 Å². The molecule has 0 amide bonds. The van der Waals surface area contributed by atoms with Crippen molar-refractivity contribution in [2.45, 2.75) is 38.4 Å². The second-order valence-electron chi connectivity index (χ2n) is 7.69.